The molecule has 0 radical (unpaired) electrons. The van der Waals surface area contributed by atoms with Crippen LogP contribution in [-0.4, -0.2) is 0 Å². The Kier molecular flexibility index (Phi) is 230. The molecule has 5 heavy (non-hydrogen) atoms. The van der Waals surface area contributed by atoms with Crippen LogP contribution in [0.15, 0.2) is 0 Å². The molecule has 0 aromatic heterocycles. The van der Waals surface area contributed by atoms with Crippen LogP contribution in [0.5, 0.6) is 0 Å². The van der Waals surface area contributed by atoms with E-state index in [0.29, 0.717) is 0 Å². The molecule has 0 aliphatic carbocycles. The molecule has 0 saturated carbocycles. The molecule has 0 spiro atoms. The molecule has 0 heterocycles. The Balaban J connectivity index is -0.0000000133. The predicted molar refractivity (Wildman–Crippen MR) is 23.1 cm³/mol. The molecule has 5 heteroatoms. The van der Waals surface area contributed by atoms with Gasteiger partial charge in [-0.3, -0.25) is 0 Å². The van der Waals surface area contributed by atoms with Gasteiger partial charge in [-0.2, -0.15) is 0 Å². The molecule has 0 bridgehead atoms. The van der Waals surface area contributed by atoms with Gasteiger partial charge in [-0.15, -0.1) is 0 Å². The first-order valence-corrected chi connectivity index (χ1v) is 1.41. The molecule has 36 valence electrons. The minimum atomic E-state index is 0. The van der Waals surface area contributed by atoms with Gasteiger partial charge in [-0.1, -0.05) is 0 Å². The van der Waals surface area contributed by atoms with Crippen LogP contribution in [-0.2, 0) is 42.1 Å². The standard InChI is InChI=1S/2H2NS.Ni/c2*1-2;/h2*1H2;/q2*-1;+2. The first-order chi connectivity index (χ1) is 2.00. The maximum Gasteiger partial charge on any atom is 2.00 e. The normalized spacial score (nSPS) is 2.40. The van der Waals surface area contributed by atoms with Gasteiger partial charge >= 0.3 is 16.5 Å². The second-order valence-corrected chi connectivity index (χ2v) is 0. The molecule has 0 aromatic rings. The molecule has 0 aliphatic heterocycles. The Morgan fingerprint density at radius 2 is 0.800 bits per heavy atom. The topological polar surface area (TPSA) is 52.0 Å². The fourth-order valence-corrected chi connectivity index (χ4v) is 0. The van der Waals surface area contributed by atoms with Crippen LogP contribution >= 0.6 is 0 Å². The number of nitrogens with two attached hydrogens (primary N) is 2. The Morgan fingerprint density at radius 3 is 0.800 bits per heavy atom. The summed E-state index contributed by atoms with van der Waals surface area (Å²) in [5.41, 5.74) is 0. The third-order valence-electron chi connectivity index (χ3n) is 0. The maximum atomic E-state index is 4.08. The van der Waals surface area contributed by atoms with Crippen molar-refractivity contribution in [3.63, 3.8) is 0 Å². The summed E-state index contributed by atoms with van der Waals surface area (Å²) in [6.07, 6.45) is 0. The number of hydrogen-bond donors (Lipinski definition) is 2. The van der Waals surface area contributed by atoms with Crippen molar-refractivity contribution in [1.82, 2.24) is 0 Å². The summed E-state index contributed by atoms with van der Waals surface area (Å²) < 4.78 is 0. The zero-order valence-corrected chi connectivity index (χ0v) is 4.91. The van der Waals surface area contributed by atoms with E-state index in [1.54, 1.807) is 0 Å². The van der Waals surface area contributed by atoms with Gasteiger partial charge in [-0.05, 0) is 0 Å². The van der Waals surface area contributed by atoms with Crippen molar-refractivity contribution in [2.24, 2.45) is 10.3 Å². The molecule has 0 rings (SSSR count). The fourth-order valence-electron chi connectivity index (χ4n) is 0. The maximum absolute atomic E-state index is 4.08. The third-order valence-corrected chi connectivity index (χ3v) is 0. The Hall–Kier alpha value is 1.11. The van der Waals surface area contributed by atoms with Gasteiger partial charge in [0, 0.05) is 0 Å². The Bertz CT molecular complexity index is 7.61. The van der Waals surface area contributed by atoms with Crippen molar-refractivity contribution in [2.45, 2.75) is 0 Å². The van der Waals surface area contributed by atoms with Crippen LogP contribution in [0, 0.1) is 0 Å². The van der Waals surface area contributed by atoms with E-state index in [2.05, 4.69) is 35.9 Å². The van der Waals surface area contributed by atoms with Crippen molar-refractivity contribution >= 4 is 25.6 Å². The molecule has 0 aliphatic rings. The minimum absolute atomic E-state index is 0. The average molecular weight is 155 g/mol. The van der Waals surface area contributed by atoms with Crippen LogP contribution < -0.4 is 10.3 Å². The van der Waals surface area contributed by atoms with Crippen molar-refractivity contribution in [2.75, 3.05) is 0 Å². The molecule has 0 amide bonds. The van der Waals surface area contributed by atoms with E-state index in [0.717, 1.165) is 0 Å². The summed E-state index contributed by atoms with van der Waals surface area (Å²) in [6.45, 7) is 0. The zero-order chi connectivity index (χ0) is 4.00. The quantitative estimate of drug-likeness (QED) is 0.341. The smallest absolute Gasteiger partial charge is 0.709 e. The van der Waals surface area contributed by atoms with E-state index < -0.39 is 0 Å². The van der Waals surface area contributed by atoms with Crippen molar-refractivity contribution in [3.05, 3.63) is 0 Å². The van der Waals surface area contributed by atoms with Gasteiger partial charge in [-0.25, -0.2) is 0 Å². The third kappa shape index (κ3) is 40.0. The van der Waals surface area contributed by atoms with E-state index in [1.807, 2.05) is 0 Å². The fraction of sp³-hybridized carbons (Fsp3) is 0. The van der Waals surface area contributed by atoms with E-state index >= 15 is 0 Å². The summed E-state index contributed by atoms with van der Waals surface area (Å²) in [5.74, 6) is 0. The van der Waals surface area contributed by atoms with Gasteiger partial charge in [0.2, 0.25) is 0 Å². The molecule has 0 aromatic carbocycles. The van der Waals surface area contributed by atoms with Gasteiger partial charge in [0.15, 0.2) is 0 Å². The van der Waals surface area contributed by atoms with Gasteiger partial charge in [0.1, 0.15) is 0 Å². The van der Waals surface area contributed by atoms with E-state index in [1.165, 1.54) is 0 Å². The zero-order valence-electron chi connectivity index (χ0n) is 2.29. The molecular weight excluding hydrogens is 151 g/mol. The molecular formula is H4N2NiS2. The second-order valence-electron chi connectivity index (χ2n) is 0. The average Bonchev–Trinajstić information content (AvgIpc) is 1.50. The van der Waals surface area contributed by atoms with Gasteiger partial charge < -0.3 is 35.9 Å². The molecule has 0 atom stereocenters. The van der Waals surface area contributed by atoms with E-state index in [-0.39, 0.29) is 16.5 Å². The van der Waals surface area contributed by atoms with Crippen molar-refractivity contribution in [3.8, 4) is 0 Å². The SMILES string of the molecule is N[S-].N[S-].[Ni+2]. The predicted octanol–water partition coefficient (Wildman–Crippen LogP) is -1.19. The van der Waals surface area contributed by atoms with Crippen LogP contribution in [0.3, 0.4) is 0 Å². The number of hydrogen-bond acceptors (Lipinski definition) is 4. The summed E-state index contributed by atoms with van der Waals surface area (Å²) in [7, 11) is 0. The molecule has 0 saturated heterocycles. The van der Waals surface area contributed by atoms with E-state index in [4.69, 9.17) is 0 Å². The summed E-state index contributed by atoms with van der Waals surface area (Å²) >= 11 is 7.17. The molecule has 4 N–H and O–H groups in total. The monoisotopic (exact) mass is 154 g/mol. The van der Waals surface area contributed by atoms with E-state index in [9.17, 15) is 0 Å². The summed E-state index contributed by atoms with van der Waals surface area (Å²) in [6, 6.07) is 0. The first-order valence-electron chi connectivity index (χ1n) is 0.471. The van der Waals surface area contributed by atoms with Gasteiger partial charge in [0.05, 0.1) is 0 Å². The van der Waals surface area contributed by atoms with Crippen LogP contribution in [0.4, 0.5) is 0 Å². The van der Waals surface area contributed by atoms with Crippen molar-refractivity contribution < 1.29 is 16.5 Å². The summed E-state index contributed by atoms with van der Waals surface area (Å²) in [4.78, 5) is 0. The molecule has 0 unspecified atom stereocenters. The molecule has 0 fully saturated rings. The number of rotatable bonds is 0. The Morgan fingerprint density at radius 1 is 0.800 bits per heavy atom. The first kappa shape index (κ1) is 16.5. The second kappa shape index (κ2) is 69.8. The van der Waals surface area contributed by atoms with Crippen LogP contribution in [0.25, 0.3) is 0 Å². The Labute approximate surface area is 52.7 Å². The van der Waals surface area contributed by atoms with Crippen molar-refractivity contribution in [1.29, 1.82) is 0 Å². The molecule has 2 nitrogen and oxygen atoms in total. The van der Waals surface area contributed by atoms with Gasteiger partial charge in [0.25, 0.3) is 0 Å². The minimum Gasteiger partial charge on any atom is -0.709 e. The largest absolute Gasteiger partial charge is 2.00 e. The van der Waals surface area contributed by atoms with Crippen LogP contribution in [0.2, 0.25) is 0 Å². The van der Waals surface area contributed by atoms with Crippen LogP contribution in [0.1, 0.15) is 0 Å². The summed E-state index contributed by atoms with van der Waals surface area (Å²) in [5, 5.41) is 8.17.